The Morgan fingerprint density at radius 3 is 1.41 bits per heavy atom. The van der Waals surface area contributed by atoms with E-state index in [0.717, 1.165) is 98.9 Å². The lowest BCUT2D eigenvalue weighted by Crippen LogP contribution is -2.06. The van der Waals surface area contributed by atoms with Crippen LogP contribution in [0.15, 0.2) is 205 Å². The molecule has 306 valence electrons. The normalized spacial score (nSPS) is 11.9. The van der Waals surface area contributed by atoms with E-state index in [1.165, 1.54) is 5.39 Å². The van der Waals surface area contributed by atoms with Gasteiger partial charge in [-0.25, -0.2) is 4.98 Å². The van der Waals surface area contributed by atoms with E-state index in [1.807, 2.05) is 72.8 Å². The van der Waals surface area contributed by atoms with Crippen LogP contribution in [0.3, 0.4) is 0 Å². The number of benzene rings is 9. The number of nitriles is 1. The van der Waals surface area contributed by atoms with Gasteiger partial charge in [-0.3, -0.25) is 4.57 Å². The van der Waals surface area contributed by atoms with Crippen molar-refractivity contribution in [3.63, 3.8) is 0 Å². The van der Waals surface area contributed by atoms with Gasteiger partial charge in [0.05, 0.1) is 44.4 Å². The molecule has 0 unspecified atom stereocenters. The van der Waals surface area contributed by atoms with E-state index in [4.69, 9.17) is 19.4 Å². The molecule has 0 fully saturated rings. The van der Waals surface area contributed by atoms with Gasteiger partial charge in [-0.1, -0.05) is 121 Å². The first-order valence-electron chi connectivity index (χ1n) is 21.9. The van der Waals surface area contributed by atoms with E-state index < -0.39 is 0 Å². The third-order valence-electron chi connectivity index (χ3n) is 13.1. The first-order chi connectivity index (χ1) is 32.7. The van der Waals surface area contributed by atoms with Gasteiger partial charge in [0, 0.05) is 59.9 Å². The summed E-state index contributed by atoms with van der Waals surface area (Å²) in [5.41, 5.74) is 11.7. The topological polar surface area (TPSA) is 90.4 Å². The molecule has 5 aromatic heterocycles. The predicted molar refractivity (Wildman–Crippen MR) is 266 cm³/mol. The highest BCUT2D eigenvalue weighted by molar-refractivity contribution is 6.21. The van der Waals surface area contributed by atoms with Gasteiger partial charge in [-0.2, -0.15) is 15.2 Å². The van der Waals surface area contributed by atoms with Gasteiger partial charge in [0.1, 0.15) is 17.2 Å². The van der Waals surface area contributed by atoms with Crippen LogP contribution in [0.2, 0.25) is 0 Å². The minimum Gasteiger partial charge on any atom is -0.456 e. The molecule has 14 rings (SSSR count). The van der Waals surface area contributed by atoms with Crippen molar-refractivity contribution in [2.45, 2.75) is 0 Å². The molecule has 0 aliphatic rings. The van der Waals surface area contributed by atoms with Crippen molar-refractivity contribution in [1.82, 2.24) is 28.7 Å². The lowest BCUT2D eigenvalue weighted by molar-refractivity contribution is 0.670. The summed E-state index contributed by atoms with van der Waals surface area (Å²) < 4.78 is 13.4. The fourth-order valence-electron chi connectivity index (χ4n) is 10.2. The fraction of sp³-hybridized carbons (Fsp3) is 0. The Morgan fingerprint density at radius 1 is 0.364 bits per heavy atom. The number of aromatic nitrogens is 6. The van der Waals surface area contributed by atoms with E-state index in [-0.39, 0.29) is 0 Å². The van der Waals surface area contributed by atoms with Gasteiger partial charge in [0.25, 0.3) is 0 Å². The molecule has 0 aliphatic carbocycles. The van der Waals surface area contributed by atoms with Crippen LogP contribution in [0.5, 0.6) is 0 Å². The molecule has 8 nitrogen and oxygen atoms in total. The molecule has 0 spiro atoms. The summed E-state index contributed by atoms with van der Waals surface area (Å²) in [6, 6.07) is 71.3. The number of fused-ring (bicyclic) bond motifs is 12. The molecular formula is C58H33N7O. The minimum atomic E-state index is 0.469. The summed E-state index contributed by atoms with van der Waals surface area (Å²) in [5, 5.41) is 19.7. The average Bonchev–Trinajstić information content (AvgIpc) is 4.11. The van der Waals surface area contributed by atoms with Gasteiger partial charge in [0.2, 0.25) is 5.95 Å². The summed E-state index contributed by atoms with van der Waals surface area (Å²) in [6.07, 6.45) is 0. The molecule has 14 aromatic rings. The minimum absolute atomic E-state index is 0.469. The summed E-state index contributed by atoms with van der Waals surface area (Å²) in [4.78, 5) is 15.3. The molecule has 5 heterocycles. The van der Waals surface area contributed by atoms with Crippen LogP contribution < -0.4 is 0 Å². The maximum Gasteiger partial charge on any atom is 0.238 e. The van der Waals surface area contributed by atoms with Crippen LogP contribution in [-0.2, 0) is 0 Å². The number of rotatable bonds is 5. The molecule has 0 saturated heterocycles. The standard InChI is InChI=1S/C58H33N7O/c59-34-37-29-36(57-60-56(35-15-3-1-4-16-35)61-58(62-57)65-50-25-13-7-19-39(50)40-20-8-14-26-51(40)65)27-28-47(37)64-49-24-12-10-22-42(49)44-33-55-46(31-53(44)64)45-30-52-43(32-54(45)66-55)41-21-9-11-23-48(41)63(52)38-17-5-2-6-18-38/h1-33H. The van der Waals surface area contributed by atoms with Crippen LogP contribution >= 0.6 is 0 Å². The highest BCUT2D eigenvalue weighted by Crippen LogP contribution is 2.42. The van der Waals surface area contributed by atoms with Crippen LogP contribution in [0.4, 0.5) is 0 Å². The van der Waals surface area contributed by atoms with Gasteiger partial charge in [-0.15, -0.1) is 0 Å². The van der Waals surface area contributed by atoms with E-state index in [0.29, 0.717) is 28.7 Å². The Morgan fingerprint density at radius 2 is 0.833 bits per heavy atom. The number of furan rings is 1. The molecular weight excluding hydrogens is 811 g/mol. The second-order valence-electron chi connectivity index (χ2n) is 16.7. The summed E-state index contributed by atoms with van der Waals surface area (Å²) in [7, 11) is 0. The van der Waals surface area contributed by atoms with Crippen molar-refractivity contribution in [3.8, 4) is 46.2 Å². The van der Waals surface area contributed by atoms with Crippen molar-refractivity contribution >= 4 is 87.4 Å². The van der Waals surface area contributed by atoms with E-state index in [9.17, 15) is 5.26 Å². The summed E-state index contributed by atoms with van der Waals surface area (Å²) in [6.45, 7) is 0. The quantitative estimate of drug-likeness (QED) is 0.172. The average molecular weight is 844 g/mol. The van der Waals surface area contributed by atoms with Gasteiger partial charge >= 0.3 is 0 Å². The number of para-hydroxylation sites is 5. The zero-order chi connectivity index (χ0) is 43.5. The SMILES string of the molecule is N#Cc1cc(-c2nc(-c3ccccc3)nc(-n3c4ccccc4c4ccccc43)n2)ccc1-n1c2ccccc2c2cc3oc4cc5c6ccccc6n(-c6ccccc6)c5cc4c3cc21. The lowest BCUT2D eigenvalue weighted by Gasteiger charge is -2.13. The van der Waals surface area contributed by atoms with Gasteiger partial charge in [-0.05, 0) is 78.9 Å². The molecule has 0 amide bonds. The molecule has 0 atom stereocenters. The molecule has 9 aromatic carbocycles. The molecule has 0 saturated carbocycles. The maximum absolute atomic E-state index is 11.0. The third-order valence-corrected chi connectivity index (χ3v) is 13.1. The maximum atomic E-state index is 11.0. The first-order valence-corrected chi connectivity index (χ1v) is 21.9. The molecule has 8 heteroatoms. The molecule has 0 bridgehead atoms. The Hall–Kier alpha value is -9.32. The van der Waals surface area contributed by atoms with Crippen LogP contribution in [0, 0.1) is 11.3 Å². The van der Waals surface area contributed by atoms with E-state index in [1.54, 1.807) is 0 Å². The monoisotopic (exact) mass is 843 g/mol. The molecule has 0 radical (unpaired) electrons. The zero-order valence-corrected chi connectivity index (χ0v) is 35.1. The Kier molecular flexibility index (Phi) is 7.59. The van der Waals surface area contributed by atoms with Crippen LogP contribution in [0.25, 0.3) is 127 Å². The number of hydrogen-bond donors (Lipinski definition) is 0. The molecule has 66 heavy (non-hydrogen) atoms. The van der Waals surface area contributed by atoms with Crippen molar-refractivity contribution < 1.29 is 4.42 Å². The molecule has 0 aliphatic heterocycles. The van der Waals surface area contributed by atoms with Crippen molar-refractivity contribution in [2.24, 2.45) is 0 Å². The third kappa shape index (κ3) is 5.22. The summed E-state index contributed by atoms with van der Waals surface area (Å²) in [5.74, 6) is 1.51. The van der Waals surface area contributed by atoms with Crippen LogP contribution in [0.1, 0.15) is 5.56 Å². The summed E-state index contributed by atoms with van der Waals surface area (Å²) >= 11 is 0. The Balaban J connectivity index is 0.978. The highest BCUT2D eigenvalue weighted by Gasteiger charge is 2.22. The zero-order valence-electron chi connectivity index (χ0n) is 35.1. The van der Waals surface area contributed by atoms with Crippen molar-refractivity contribution in [1.29, 1.82) is 5.26 Å². The van der Waals surface area contributed by atoms with Crippen molar-refractivity contribution in [3.05, 3.63) is 206 Å². The highest BCUT2D eigenvalue weighted by atomic mass is 16.3. The largest absolute Gasteiger partial charge is 0.456 e. The number of nitrogens with zero attached hydrogens (tertiary/aromatic N) is 7. The van der Waals surface area contributed by atoms with Crippen LogP contribution in [-0.4, -0.2) is 28.7 Å². The number of hydrogen-bond acceptors (Lipinski definition) is 5. The van der Waals surface area contributed by atoms with Crippen molar-refractivity contribution in [2.75, 3.05) is 0 Å². The van der Waals surface area contributed by atoms with Gasteiger partial charge in [0.15, 0.2) is 11.6 Å². The van der Waals surface area contributed by atoms with Gasteiger partial charge < -0.3 is 13.6 Å². The Labute approximate surface area is 376 Å². The molecule has 0 N–H and O–H groups in total. The second kappa shape index (κ2) is 13.8. The predicted octanol–water partition coefficient (Wildman–Crippen LogP) is 14.3. The second-order valence-corrected chi connectivity index (χ2v) is 16.7. The smallest absolute Gasteiger partial charge is 0.238 e. The first kappa shape index (κ1) is 36.2. The Bertz CT molecular complexity index is 4310. The van der Waals surface area contributed by atoms with E-state index in [2.05, 4.69) is 147 Å². The van der Waals surface area contributed by atoms with E-state index >= 15 is 0 Å². The lowest BCUT2D eigenvalue weighted by atomic mass is 10.1. The fourth-order valence-corrected chi connectivity index (χ4v) is 10.2.